The summed E-state index contributed by atoms with van der Waals surface area (Å²) in [5.41, 5.74) is 5.20. The molecule has 1 heterocycles. The van der Waals surface area contributed by atoms with Crippen molar-refractivity contribution in [3.63, 3.8) is 0 Å². The molecule has 2 nitrogen and oxygen atoms in total. The average Bonchev–Trinajstić information content (AvgIpc) is 2.03. The van der Waals surface area contributed by atoms with Gasteiger partial charge in [-0.05, 0) is 18.6 Å². The van der Waals surface area contributed by atoms with Crippen LogP contribution in [-0.2, 0) is 6.54 Å². The van der Waals surface area contributed by atoms with E-state index in [1.165, 1.54) is 0 Å². The van der Waals surface area contributed by atoms with Crippen molar-refractivity contribution in [3.05, 3.63) is 28.8 Å². The Bertz CT molecular complexity index is 313. The Kier molecular flexibility index (Phi) is 2.87. The third-order valence-electron chi connectivity index (χ3n) is 1.70. The predicted octanol–water partition coefficient (Wildman–Crippen LogP) is 1.93. The van der Waals surface area contributed by atoms with Gasteiger partial charge in [0.1, 0.15) is 5.69 Å². The molecule has 0 aliphatic carbocycles. The van der Waals surface area contributed by atoms with E-state index in [0.29, 0.717) is 11.3 Å². The number of pyridine rings is 1. The topological polar surface area (TPSA) is 38.9 Å². The van der Waals surface area contributed by atoms with Crippen LogP contribution in [0.15, 0.2) is 6.07 Å². The van der Waals surface area contributed by atoms with Crippen molar-refractivity contribution in [3.8, 4) is 0 Å². The molecule has 0 atom stereocenters. The minimum Gasteiger partial charge on any atom is -0.325 e. The molecule has 0 saturated carbocycles. The van der Waals surface area contributed by atoms with Gasteiger partial charge in [0.25, 0.3) is 6.43 Å². The van der Waals surface area contributed by atoms with Crippen molar-refractivity contribution in [1.29, 1.82) is 0 Å². The van der Waals surface area contributed by atoms with Crippen LogP contribution >= 0.6 is 0 Å². The van der Waals surface area contributed by atoms with Crippen LogP contribution in [0.3, 0.4) is 0 Å². The van der Waals surface area contributed by atoms with E-state index in [1.807, 2.05) is 0 Å². The normalized spacial score (nSPS) is 10.9. The van der Waals surface area contributed by atoms with Crippen molar-refractivity contribution in [2.45, 2.75) is 19.9 Å². The summed E-state index contributed by atoms with van der Waals surface area (Å²) < 4.78 is 37.1. The zero-order chi connectivity index (χ0) is 10.0. The van der Waals surface area contributed by atoms with Crippen LogP contribution in [0.5, 0.6) is 0 Å². The van der Waals surface area contributed by atoms with Gasteiger partial charge in [0.2, 0.25) is 0 Å². The Labute approximate surface area is 73.6 Å². The lowest BCUT2D eigenvalue weighted by atomic mass is 10.2. The van der Waals surface area contributed by atoms with E-state index in [2.05, 4.69) is 4.98 Å². The standard InChI is InChI=1S/C8H9F3N2/c1-4-2-5(9)7(8(10)11)13-6(4)3-12/h2,8H,3,12H2,1H3. The van der Waals surface area contributed by atoms with E-state index in [4.69, 9.17) is 5.73 Å². The van der Waals surface area contributed by atoms with Gasteiger partial charge >= 0.3 is 0 Å². The Morgan fingerprint density at radius 1 is 1.54 bits per heavy atom. The van der Waals surface area contributed by atoms with Crippen molar-refractivity contribution < 1.29 is 13.2 Å². The average molecular weight is 190 g/mol. The van der Waals surface area contributed by atoms with E-state index in [0.717, 1.165) is 6.07 Å². The fourth-order valence-corrected chi connectivity index (χ4v) is 0.994. The van der Waals surface area contributed by atoms with E-state index < -0.39 is 17.9 Å². The Morgan fingerprint density at radius 2 is 2.15 bits per heavy atom. The van der Waals surface area contributed by atoms with E-state index in [9.17, 15) is 13.2 Å². The molecule has 0 amide bonds. The molecule has 1 rings (SSSR count). The third kappa shape index (κ3) is 1.98. The molecule has 0 aromatic carbocycles. The smallest absolute Gasteiger partial charge is 0.283 e. The monoisotopic (exact) mass is 190 g/mol. The minimum absolute atomic E-state index is 0.0336. The molecule has 0 radical (unpaired) electrons. The summed E-state index contributed by atoms with van der Waals surface area (Å²) in [6.45, 7) is 1.61. The lowest BCUT2D eigenvalue weighted by molar-refractivity contribution is 0.140. The number of halogens is 3. The van der Waals surface area contributed by atoms with Crippen LogP contribution < -0.4 is 5.73 Å². The highest BCUT2D eigenvalue weighted by atomic mass is 19.3. The van der Waals surface area contributed by atoms with Crippen LogP contribution in [0.2, 0.25) is 0 Å². The SMILES string of the molecule is Cc1cc(F)c(C(F)F)nc1CN. The molecule has 13 heavy (non-hydrogen) atoms. The zero-order valence-electron chi connectivity index (χ0n) is 7.02. The second kappa shape index (κ2) is 3.74. The van der Waals surface area contributed by atoms with Gasteiger partial charge in [-0.2, -0.15) is 0 Å². The van der Waals surface area contributed by atoms with Gasteiger partial charge in [-0.15, -0.1) is 0 Å². The molecule has 0 bridgehead atoms. The molecule has 0 unspecified atom stereocenters. The molecule has 2 N–H and O–H groups in total. The lowest BCUT2D eigenvalue weighted by Gasteiger charge is -2.06. The first kappa shape index (κ1) is 9.98. The summed E-state index contributed by atoms with van der Waals surface area (Å²) in [6, 6.07) is 1.02. The number of rotatable bonds is 2. The summed E-state index contributed by atoms with van der Waals surface area (Å²) >= 11 is 0. The zero-order valence-corrected chi connectivity index (χ0v) is 7.02. The van der Waals surface area contributed by atoms with Crippen LogP contribution in [0.4, 0.5) is 13.2 Å². The fourth-order valence-electron chi connectivity index (χ4n) is 0.994. The summed E-state index contributed by atoms with van der Waals surface area (Å²) in [5, 5.41) is 0. The Morgan fingerprint density at radius 3 is 2.62 bits per heavy atom. The molecule has 0 fully saturated rings. The number of hydrogen-bond donors (Lipinski definition) is 1. The molecule has 0 saturated heterocycles. The van der Waals surface area contributed by atoms with Crippen LogP contribution in [0.25, 0.3) is 0 Å². The van der Waals surface area contributed by atoms with Crippen LogP contribution in [-0.4, -0.2) is 4.98 Å². The van der Waals surface area contributed by atoms with Gasteiger partial charge in [-0.3, -0.25) is 0 Å². The Hall–Kier alpha value is -1.10. The summed E-state index contributed by atoms with van der Waals surface area (Å²) in [5.74, 6) is -0.982. The predicted molar refractivity (Wildman–Crippen MR) is 41.8 cm³/mol. The minimum atomic E-state index is -2.90. The fraction of sp³-hybridized carbons (Fsp3) is 0.375. The van der Waals surface area contributed by atoms with E-state index >= 15 is 0 Å². The molecule has 0 aliphatic rings. The number of nitrogens with two attached hydrogens (primary N) is 1. The number of nitrogens with zero attached hydrogens (tertiary/aromatic N) is 1. The summed E-state index contributed by atoms with van der Waals surface area (Å²) in [6.07, 6.45) is -2.90. The van der Waals surface area contributed by atoms with Gasteiger partial charge in [-0.25, -0.2) is 18.2 Å². The number of hydrogen-bond acceptors (Lipinski definition) is 2. The van der Waals surface area contributed by atoms with E-state index in [-0.39, 0.29) is 6.54 Å². The van der Waals surface area contributed by atoms with Crippen LogP contribution in [0.1, 0.15) is 23.4 Å². The van der Waals surface area contributed by atoms with Gasteiger partial charge in [0.15, 0.2) is 5.82 Å². The first-order chi connectivity index (χ1) is 6.06. The number of alkyl halides is 2. The highest BCUT2D eigenvalue weighted by Crippen LogP contribution is 2.21. The quantitative estimate of drug-likeness (QED) is 0.773. The maximum atomic E-state index is 12.8. The largest absolute Gasteiger partial charge is 0.325 e. The second-order valence-corrected chi connectivity index (χ2v) is 2.62. The molecule has 0 spiro atoms. The number of aromatic nitrogens is 1. The second-order valence-electron chi connectivity index (χ2n) is 2.62. The first-order valence-corrected chi connectivity index (χ1v) is 3.70. The van der Waals surface area contributed by atoms with Gasteiger partial charge in [-0.1, -0.05) is 0 Å². The Balaban J connectivity index is 3.22. The van der Waals surface area contributed by atoms with Gasteiger partial charge in [0, 0.05) is 6.54 Å². The molecule has 0 aliphatic heterocycles. The molecule has 5 heteroatoms. The molecule has 72 valence electrons. The summed E-state index contributed by atoms with van der Waals surface area (Å²) in [7, 11) is 0. The maximum Gasteiger partial charge on any atom is 0.283 e. The highest BCUT2D eigenvalue weighted by Gasteiger charge is 2.16. The maximum absolute atomic E-state index is 12.8. The molecule has 1 aromatic heterocycles. The molecule has 1 aromatic rings. The lowest BCUT2D eigenvalue weighted by Crippen LogP contribution is -2.07. The highest BCUT2D eigenvalue weighted by molar-refractivity contribution is 5.23. The van der Waals surface area contributed by atoms with Crippen molar-refractivity contribution in [2.75, 3.05) is 0 Å². The number of aryl methyl sites for hydroxylation is 1. The first-order valence-electron chi connectivity index (χ1n) is 3.70. The third-order valence-corrected chi connectivity index (χ3v) is 1.70. The van der Waals surface area contributed by atoms with Crippen molar-refractivity contribution in [1.82, 2.24) is 4.98 Å². The summed E-state index contributed by atoms with van der Waals surface area (Å²) in [4.78, 5) is 3.44. The van der Waals surface area contributed by atoms with Crippen molar-refractivity contribution in [2.24, 2.45) is 5.73 Å². The molecular weight excluding hydrogens is 181 g/mol. The van der Waals surface area contributed by atoms with E-state index in [1.54, 1.807) is 6.92 Å². The van der Waals surface area contributed by atoms with Crippen LogP contribution in [0, 0.1) is 12.7 Å². The van der Waals surface area contributed by atoms with Gasteiger partial charge < -0.3 is 5.73 Å². The van der Waals surface area contributed by atoms with Gasteiger partial charge in [0.05, 0.1) is 5.69 Å². The van der Waals surface area contributed by atoms with Crippen molar-refractivity contribution >= 4 is 0 Å². The molecular formula is C8H9F3N2.